The van der Waals surface area contributed by atoms with Gasteiger partial charge >= 0.3 is 16.4 Å². The fraction of sp³-hybridized carbons (Fsp3) is 0.971. The van der Waals surface area contributed by atoms with Crippen LogP contribution in [0.2, 0.25) is 0 Å². The van der Waals surface area contributed by atoms with Crippen molar-refractivity contribution in [3.63, 3.8) is 0 Å². The molecule has 0 aromatic carbocycles. The van der Waals surface area contributed by atoms with E-state index in [2.05, 4.69) is 41.5 Å². The lowest BCUT2D eigenvalue weighted by molar-refractivity contribution is -0.311. The Morgan fingerprint density at radius 2 is 1.53 bits per heavy atom. The van der Waals surface area contributed by atoms with Gasteiger partial charge in [0.05, 0.1) is 23.7 Å². The molecule has 6 fully saturated rings. The molecular formula is C35H58O11S. The van der Waals surface area contributed by atoms with Crippen LogP contribution in [-0.2, 0) is 28.9 Å². The molecule has 6 aliphatic rings. The van der Waals surface area contributed by atoms with Gasteiger partial charge in [-0.1, -0.05) is 41.5 Å². The summed E-state index contributed by atoms with van der Waals surface area (Å²) < 4.78 is 49.4. The van der Waals surface area contributed by atoms with Crippen LogP contribution in [0.5, 0.6) is 0 Å². The first kappa shape index (κ1) is 35.9. The highest BCUT2D eigenvalue weighted by atomic mass is 32.3. The third-order valence-corrected chi connectivity index (χ3v) is 16.5. The van der Waals surface area contributed by atoms with Crippen LogP contribution in [0.3, 0.4) is 0 Å². The van der Waals surface area contributed by atoms with Crippen LogP contribution in [0, 0.1) is 56.7 Å². The number of aliphatic hydroxyl groups is 3. The summed E-state index contributed by atoms with van der Waals surface area (Å²) in [6, 6.07) is 0. The highest BCUT2D eigenvalue weighted by molar-refractivity contribution is 7.80. The van der Waals surface area contributed by atoms with E-state index in [4.69, 9.17) is 13.7 Å². The van der Waals surface area contributed by atoms with Crippen molar-refractivity contribution in [2.24, 2.45) is 56.7 Å². The van der Waals surface area contributed by atoms with E-state index < -0.39 is 52.0 Å². The molecule has 0 spiro atoms. The summed E-state index contributed by atoms with van der Waals surface area (Å²) in [6.07, 6.45) is 1.83. The molecule has 1 aliphatic heterocycles. The summed E-state index contributed by atoms with van der Waals surface area (Å²) >= 11 is 0. The molecule has 0 aromatic rings. The van der Waals surface area contributed by atoms with E-state index in [1.165, 1.54) is 0 Å². The zero-order valence-corrected chi connectivity index (χ0v) is 30.0. The number of carboxylic acid groups (broad SMARTS) is 1. The number of aliphatic carboxylic acids is 1. The number of hydrogen-bond donors (Lipinski definition) is 5. The van der Waals surface area contributed by atoms with Crippen LogP contribution < -0.4 is 0 Å². The fourth-order valence-corrected chi connectivity index (χ4v) is 13.7. The van der Waals surface area contributed by atoms with Crippen LogP contribution in [0.15, 0.2) is 0 Å². The van der Waals surface area contributed by atoms with E-state index in [1.807, 2.05) is 6.92 Å². The van der Waals surface area contributed by atoms with E-state index in [9.17, 15) is 38.2 Å². The maximum Gasteiger partial charge on any atom is 0.397 e. The number of carbonyl (C=O) groups is 1. The molecule has 0 radical (unpaired) electrons. The normalized spacial score (nSPS) is 54.4. The molecule has 15 atom stereocenters. The van der Waals surface area contributed by atoms with Crippen molar-refractivity contribution in [3.8, 4) is 0 Å². The lowest BCUT2D eigenvalue weighted by Crippen LogP contribution is -2.71. The molecule has 0 bridgehead atoms. The van der Waals surface area contributed by atoms with Gasteiger partial charge in [0.25, 0.3) is 0 Å². The Morgan fingerprint density at radius 3 is 2.17 bits per heavy atom. The zero-order valence-electron chi connectivity index (χ0n) is 29.1. The van der Waals surface area contributed by atoms with Crippen molar-refractivity contribution in [2.45, 2.75) is 149 Å². The minimum absolute atomic E-state index is 0.0391. The van der Waals surface area contributed by atoms with Gasteiger partial charge in [0.2, 0.25) is 0 Å². The first-order valence-electron chi connectivity index (χ1n) is 17.8. The predicted molar refractivity (Wildman–Crippen MR) is 171 cm³/mol. The van der Waals surface area contributed by atoms with Gasteiger partial charge in [0.15, 0.2) is 12.4 Å². The quantitative estimate of drug-likeness (QED) is 0.202. The van der Waals surface area contributed by atoms with Crippen molar-refractivity contribution in [2.75, 3.05) is 6.61 Å². The van der Waals surface area contributed by atoms with Crippen LogP contribution in [0.1, 0.15) is 113 Å². The van der Waals surface area contributed by atoms with E-state index in [0.717, 1.165) is 44.9 Å². The average molecular weight is 687 g/mol. The highest BCUT2D eigenvalue weighted by Crippen LogP contribution is 2.77. The molecule has 47 heavy (non-hydrogen) atoms. The van der Waals surface area contributed by atoms with E-state index >= 15 is 0 Å². The van der Waals surface area contributed by atoms with Crippen LogP contribution in [0.4, 0.5) is 0 Å². The minimum atomic E-state index is -4.95. The minimum Gasteiger partial charge on any atom is -0.481 e. The number of rotatable bonds is 5. The summed E-state index contributed by atoms with van der Waals surface area (Å²) in [6.45, 7) is 15.4. The molecule has 5 N–H and O–H groups in total. The Morgan fingerprint density at radius 1 is 0.851 bits per heavy atom. The first-order chi connectivity index (χ1) is 21.6. The summed E-state index contributed by atoms with van der Waals surface area (Å²) in [5, 5.41) is 43.5. The van der Waals surface area contributed by atoms with E-state index in [1.54, 1.807) is 0 Å². The topological polar surface area (TPSA) is 180 Å². The Labute approximate surface area is 280 Å². The Bertz CT molecular complexity index is 1350. The fourth-order valence-electron chi connectivity index (χ4n) is 13.2. The standard InChI is InChI=1S/C35H58O11S/c1-19-10-15-35(29(38)39)17-16-32(5)20(27(35)34(19,7)40)8-9-23-31(4)13-12-24(30(2,3)22(31)11-14-33(23,32)6)45-28-26(46-47(41,42)43)25(37)21(36)18-44-28/h19-28,36-37,40H,8-18H2,1-7H3,(H,38,39)(H,41,42,43)/t19-,20?,21+,22?,23?,24?,25+,26-,27?,28+,31+,32-,33-,34?,35?/m1/s1. The van der Waals surface area contributed by atoms with Crippen LogP contribution >= 0.6 is 0 Å². The van der Waals surface area contributed by atoms with Gasteiger partial charge in [0.1, 0.15) is 12.2 Å². The zero-order chi connectivity index (χ0) is 34.8. The molecule has 0 amide bonds. The molecule has 7 unspecified atom stereocenters. The van der Waals surface area contributed by atoms with Gasteiger partial charge < -0.3 is 29.9 Å². The summed E-state index contributed by atoms with van der Waals surface area (Å²) in [4.78, 5) is 13.0. The number of fused-ring (bicyclic) bond motifs is 7. The van der Waals surface area contributed by atoms with Crippen molar-refractivity contribution < 1.29 is 51.8 Å². The molecule has 1 heterocycles. The Hall–Kier alpha value is -0.860. The molecule has 11 nitrogen and oxygen atoms in total. The van der Waals surface area contributed by atoms with Gasteiger partial charge in [-0.25, -0.2) is 4.18 Å². The first-order valence-corrected chi connectivity index (χ1v) is 19.2. The smallest absolute Gasteiger partial charge is 0.397 e. The van der Waals surface area contributed by atoms with Gasteiger partial charge in [-0.2, -0.15) is 8.42 Å². The van der Waals surface area contributed by atoms with Crippen LogP contribution in [-0.4, -0.2) is 82.3 Å². The monoisotopic (exact) mass is 686 g/mol. The predicted octanol–water partition coefficient (Wildman–Crippen LogP) is 4.57. The molecule has 270 valence electrons. The summed E-state index contributed by atoms with van der Waals surface area (Å²) in [7, 11) is -4.95. The number of hydrogen-bond acceptors (Lipinski definition) is 9. The highest BCUT2D eigenvalue weighted by Gasteiger charge is 2.73. The lowest BCUT2D eigenvalue weighted by atomic mass is 9.31. The van der Waals surface area contributed by atoms with Gasteiger partial charge in [-0.3, -0.25) is 9.35 Å². The third-order valence-electron chi connectivity index (χ3n) is 16.0. The van der Waals surface area contributed by atoms with Crippen molar-refractivity contribution >= 4 is 16.4 Å². The molecule has 1 saturated heterocycles. The molecule has 0 aromatic heterocycles. The number of aliphatic hydroxyl groups excluding tert-OH is 2. The third kappa shape index (κ3) is 5.12. The number of ether oxygens (including phenoxy) is 2. The van der Waals surface area contributed by atoms with E-state index in [-0.39, 0.29) is 58.0 Å². The van der Waals surface area contributed by atoms with Gasteiger partial charge in [-0.05, 0) is 116 Å². The summed E-state index contributed by atoms with van der Waals surface area (Å²) in [5.74, 6) is -0.237. The molecular weight excluding hydrogens is 628 g/mol. The van der Waals surface area contributed by atoms with Gasteiger partial charge in [0, 0.05) is 5.92 Å². The average Bonchev–Trinajstić information content (AvgIpc) is 2.95. The lowest BCUT2D eigenvalue weighted by Gasteiger charge is -2.74. The maximum atomic E-state index is 13.0. The second kappa shape index (κ2) is 11.3. The largest absolute Gasteiger partial charge is 0.481 e. The Kier molecular flexibility index (Phi) is 8.66. The second-order valence-corrected chi connectivity index (χ2v) is 19.1. The van der Waals surface area contributed by atoms with Crippen molar-refractivity contribution in [1.29, 1.82) is 0 Å². The molecule has 12 heteroatoms. The molecule has 5 aliphatic carbocycles. The summed E-state index contributed by atoms with van der Waals surface area (Å²) in [5.41, 5.74) is -2.52. The van der Waals surface area contributed by atoms with Crippen LogP contribution in [0.25, 0.3) is 0 Å². The van der Waals surface area contributed by atoms with Crippen molar-refractivity contribution in [3.05, 3.63) is 0 Å². The van der Waals surface area contributed by atoms with Crippen molar-refractivity contribution in [1.82, 2.24) is 0 Å². The van der Waals surface area contributed by atoms with E-state index in [0.29, 0.717) is 25.2 Å². The molecule has 5 saturated carbocycles. The second-order valence-electron chi connectivity index (χ2n) is 18.0. The van der Waals surface area contributed by atoms with Gasteiger partial charge in [-0.15, -0.1) is 0 Å². The maximum absolute atomic E-state index is 13.0. The number of carboxylic acids is 1. The molecule has 6 rings (SSSR count). The SMILES string of the molecule is C[C@@H]1CCC2(C(=O)O)CC[C@]3(C)C(CCC4[C@@]5(C)CCC(O[C@@H]6OC[C@H](O)[C@H](O)[C@H]6OS(=O)(=O)O)C(C)(C)C5CC[C@]43C)C2C1(C)O. The Balaban J connectivity index is 1.28.